The molecule has 4 nitrogen and oxygen atoms in total. The molecule has 1 atom stereocenters. The summed E-state index contributed by atoms with van der Waals surface area (Å²) in [5, 5.41) is 8.87. The molecule has 2 N–H and O–H groups in total. The van der Waals surface area contributed by atoms with Gasteiger partial charge in [0, 0.05) is 6.61 Å². The third kappa shape index (κ3) is 1.47. The van der Waals surface area contributed by atoms with Gasteiger partial charge >= 0.3 is 0 Å². The average molecular weight is 182 g/mol. The molecule has 0 radical (unpaired) electrons. The molecule has 2 heterocycles. The first-order chi connectivity index (χ1) is 6.24. The van der Waals surface area contributed by atoms with E-state index in [-0.39, 0.29) is 12.2 Å². The normalized spacial score (nSPS) is 28.2. The van der Waals surface area contributed by atoms with Crippen LogP contribution in [0.5, 0.6) is 0 Å². The lowest BCUT2D eigenvalue weighted by molar-refractivity contribution is 0.00986. The SMILES string of the molecule is CC1(c2ncc(CO)[nH]2)CCCO1. The second-order valence-corrected chi connectivity index (χ2v) is 3.60. The van der Waals surface area contributed by atoms with Crippen molar-refractivity contribution >= 4 is 0 Å². The van der Waals surface area contributed by atoms with E-state index in [1.165, 1.54) is 0 Å². The Morgan fingerprint density at radius 1 is 1.77 bits per heavy atom. The van der Waals surface area contributed by atoms with E-state index in [9.17, 15) is 0 Å². The summed E-state index contributed by atoms with van der Waals surface area (Å²) in [6, 6.07) is 0. The lowest BCUT2D eigenvalue weighted by atomic mass is 10.0. The molecule has 0 amide bonds. The molecule has 13 heavy (non-hydrogen) atoms. The van der Waals surface area contributed by atoms with Crippen molar-refractivity contribution in [3.05, 3.63) is 17.7 Å². The zero-order valence-electron chi connectivity index (χ0n) is 7.71. The quantitative estimate of drug-likeness (QED) is 0.715. The Balaban J connectivity index is 2.23. The van der Waals surface area contributed by atoms with E-state index in [1.54, 1.807) is 6.20 Å². The molecule has 0 spiro atoms. The Morgan fingerprint density at radius 3 is 3.15 bits per heavy atom. The van der Waals surface area contributed by atoms with Crippen molar-refractivity contribution in [3.63, 3.8) is 0 Å². The van der Waals surface area contributed by atoms with E-state index in [0.717, 1.165) is 31.0 Å². The molecule has 1 aromatic heterocycles. The number of ether oxygens (including phenoxy) is 1. The number of nitrogens with one attached hydrogen (secondary N) is 1. The molecule has 0 saturated carbocycles. The predicted molar refractivity (Wildman–Crippen MR) is 47.0 cm³/mol. The Hall–Kier alpha value is -0.870. The molecule has 1 saturated heterocycles. The van der Waals surface area contributed by atoms with Crippen molar-refractivity contribution in [1.29, 1.82) is 0 Å². The van der Waals surface area contributed by atoms with Gasteiger partial charge in [0.2, 0.25) is 0 Å². The van der Waals surface area contributed by atoms with Gasteiger partial charge in [-0.2, -0.15) is 0 Å². The minimum absolute atomic E-state index is 0.00306. The highest BCUT2D eigenvalue weighted by Crippen LogP contribution is 2.33. The Labute approximate surface area is 77.0 Å². The maximum atomic E-state index is 8.87. The van der Waals surface area contributed by atoms with Crippen molar-refractivity contribution in [2.75, 3.05) is 6.61 Å². The van der Waals surface area contributed by atoms with Crippen molar-refractivity contribution in [2.45, 2.75) is 32.0 Å². The van der Waals surface area contributed by atoms with Crippen LogP contribution in [0.15, 0.2) is 6.20 Å². The maximum Gasteiger partial charge on any atom is 0.138 e. The van der Waals surface area contributed by atoms with Crippen LogP contribution < -0.4 is 0 Å². The number of H-pyrrole nitrogens is 1. The van der Waals surface area contributed by atoms with E-state index < -0.39 is 0 Å². The van der Waals surface area contributed by atoms with Crippen LogP contribution in [0.3, 0.4) is 0 Å². The first-order valence-corrected chi connectivity index (χ1v) is 4.54. The third-order valence-corrected chi connectivity index (χ3v) is 2.52. The van der Waals surface area contributed by atoms with Gasteiger partial charge in [0.1, 0.15) is 11.4 Å². The number of aliphatic hydroxyl groups excluding tert-OH is 1. The molecule has 2 rings (SSSR count). The third-order valence-electron chi connectivity index (χ3n) is 2.52. The van der Waals surface area contributed by atoms with Crippen LogP contribution in [-0.2, 0) is 16.9 Å². The molecule has 1 fully saturated rings. The second kappa shape index (κ2) is 3.12. The summed E-state index contributed by atoms with van der Waals surface area (Å²) >= 11 is 0. The fourth-order valence-electron chi connectivity index (χ4n) is 1.67. The Kier molecular flexibility index (Phi) is 2.09. The lowest BCUT2D eigenvalue weighted by Gasteiger charge is -2.19. The number of hydrogen-bond donors (Lipinski definition) is 2. The largest absolute Gasteiger partial charge is 0.390 e. The van der Waals surface area contributed by atoms with Gasteiger partial charge in [-0.25, -0.2) is 4.98 Å². The summed E-state index contributed by atoms with van der Waals surface area (Å²) in [6.45, 7) is 2.83. The van der Waals surface area contributed by atoms with Crippen LogP contribution in [-0.4, -0.2) is 21.7 Å². The number of hydrogen-bond acceptors (Lipinski definition) is 3. The minimum atomic E-state index is -0.270. The van der Waals surface area contributed by atoms with Crippen LogP contribution in [0.25, 0.3) is 0 Å². The smallest absolute Gasteiger partial charge is 0.138 e. The van der Waals surface area contributed by atoms with Gasteiger partial charge in [-0.15, -0.1) is 0 Å². The van der Waals surface area contributed by atoms with Gasteiger partial charge in [0.25, 0.3) is 0 Å². The van der Waals surface area contributed by atoms with Crippen LogP contribution in [0, 0.1) is 0 Å². The fraction of sp³-hybridized carbons (Fsp3) is 0.667. The molecule has 1 aromatic rings. The van der Waals surface area contributed by atoms with E-state index >= 15 is 0 Å². The zero-order valence-corrected chi connectivity index (χ0v) is 7.71. The maximum absolute atomic E-state index is 8.87. The monoisotopic (exact) mass is 182 g/mol. The Bertz CT molecular complexity index is 290. The number of aromatic amines is 1. The van der Waals surface area contributed by atoms with Gasteiger partial charge in [-0.3, -0.25) is 0 Å². The van der Waals surface area contributed by atoms with Crippen molar-refractivity contribution < 1.29 is 9.84 Å². The van der Waals surface area contributed by atoms with Crippen LogP contribution >= 0.6 is 0 Å². The number of rotatable bonds is 2. The molecule has 1 aliphatic rings. The lowest BCUT2D eigenvalue weighted by Crippen LogP contribution is -2.21. The topological polar surface area (TPSA) is 58.1 Å². The fourth-order valence-corrected chi connectivity index (χ4v) is 1.67. The molecule has 1 aliphatic heterocycles. The number of nitrogens with zero attached hydrogens (tertiary/aromatic N) is 1. The Morgan fingerprint density at radius 2 is 2.62 bits per heavy atom. The summed E-state index contributed by atoms with van der Waals surface area (Å²) < 4.78 is 5.61. The summed E-state index contributed by atoms with van der Waals surface area (Å²) in [5.41, 5.74) is 0.472. The van der Waals surface area contributed by atoms with Crippen LogP contribution in [0.2, 0.25) is 0 Å². The van der Waals surface area contributed by atoms with Crippen molar-refractivity contribution in [2.24, 2.45) is 0 Å². The van der Waals surface area contributed by atoms with E-state index in [0.29, 0.717) is 0 Å². The summed E-state index contributed by atoms with van der Waals surface area (Å²) in [7, 11) is 0. The second-order valence-electron chi connectivity index (χ2n) is 3.60. The molecule has 0 bridgehead atoms. The summed E-state index contributed by atoms with van der Waals surface area (Å²) in [6.07, 6.45) is 3.72. The zero-order chi connectivity index (χ0) is 9.31. The van der Waals surface area contributed by atoms with Gasteiger partial charge in [-0.1, -0.05) is 0 Å². The molecular weight excluding hydrogens is 168 g/mol. The highest BCUT2D eigenvalue weighted by molar-refractivity contribution is 5.08. The molecule has 4 heteroatoms. The highest BCUT2D eigenvalue weighted by Gasteiger charge is 2.34. The molecule has 0 aromatic carbocycles. The van der Waals surface area contributed by atoms with E-state index in [2.05, 4.69) is 9.97 Å². The standard InChI is InChI=1S/C9H14N2O2/c1-9(3-2-4-13-9)8-10-5-7(6-12)11-8/h5,12H,2-4,6H2,1H3,(H,10,11). The molecule has 0 aliphatic carbocycles. The molecule has 1 unspecified atom stereocenters. The molecular formula is C9H14N2O2. The average Bonchev–Trinajstić information content (AvgIpc) is 2.72. The van der Waals surface area contributed by atoms with Crippen molar-refractivity contribution in [3.8, 4) is 0 Å². The minimum Gasteiger partial charge on any atom is -0.390 e. The summed E-state index contributed by atoms with van der Waals surface area (Å²) in [5.74, 6) is 0.828. The first kappa shape index (κ1) is 8.72. The first-order valence-electron chi connectivity index (χ1n) is 4.54. The van der Waals surface area contributed by atoms with Crippen molar-refractivity contribution in [1.82, 2.24) is 9.97 Å². The van der Waals surface area contributed by atoms with Gasteiger partial charge in [0.15, 0.2) is 0 Å². The highest BCUT2D eigenvalue weighted by atomic mass is 16.5. The number of aromatic nitrogens is 2. The van der Waals surface area contributed by atoms with Gasteiger partial charge < -0.3 is 14.8 Å². The van der Waals surface area contributed by atoms with Gasteiger partial charge in [0.05, 0.1) is 18.5 Å². The van der Waals surface area contributed by atoms with Crippen LogP contribution in [0.4, 0.5) is 0 Å². The van der Waals surface area contributed by atoms with Gasteiger partial charge in [-0.05, 0) is 19.8 Å². The summed E-state index contributed by atoms with van der Waals surface area (Å²) in [4.78, 5) is 7.26. The van der Waals surface area contributed by atoms with Crippen LogP contribution in [0.1, 0.15) is 31.3 Å². The predicted octanol–water partition coefficient (Wildman–Crippen LogP) is 0.928. The molecule has 72 valence electrons. The van der Waals surface area contributed by atoms with E-state index in [1.807, 2.05) is 6.92 Å². The van der Waals surface area contributed by atoms with E-state index in [4.69, 9.17) is 9.84 Å². The number of imidazole rings is 1. The number of aliphatic hydroxyl groups is 1.